The molecule has 0 radical (unpaired) electrons. The lowest BCUT2D eigenvalue weighted by Gasteiger charge is -2.11. The Morgan fingerprint density at radius 2 is 2.09 bits per heavy atom. The van der Waals surface area contributed by atoms with E-state index in [1.807, 2.05) is 31.2 Å². The molecule has 8 heteroatoms. The van der Waals surface area contributed by atoms with Crippen molar-refractivity contribution in [1.82, 2.24) is 4.98 Å². The van der Waals surface area contributed by atoms with Gasteiger partial charge in [0.1, 0.15) is 6.04 Å². The number of ether oxygens (including phenoxy) is 1. The van der Waals surface area contributed by atoms with E-state index in [0.717, 1.165) is 26.0 Å². The molecule has 0 spiro atoms. The minimum atomic E-state index is -0.624. The SMILES string of the molecule is COC(=O)C(N)CSc1cc(C)nc2ccc(Br)cc12.Cl.Cl. The molecule has 0 aliphatic heterocycles. The first-order valence-electron chi connectivity index (χ1n) is 6.04. The van der Waals surface area contributed by atoms with Crippen molar-refractivity contribution in [2.45, 2.75) is 17.9 Å². The number of carbonyl (C=O) groups excluding carboxylic acids is 1. The number of carbonyl (C=O) groups is 1. The maximum absolute atomic E-state index is 11.3. The quantitative estimate of drug-likeness (QED) is 0.594. The Kier molecular flexibility index (Phi) is 9.34. The van der Waals surface area contributed by atoms with Crippen LogP contribution in [-0.2, 0) is 9.53 Å². The van der Waals surface area contributed by atoms with Gasteiger partial charge in [-0.25, -0.2) is 0 Å². The van der Waals surface area contributed by atoms with E-state index in [4.69, 9.17) is 5.73 Å². The number of methoxy groups -OCH3 is 1. The van der Waals surface area contributed by atoms with Crippen LogP contribution in [0, 0.1) is 6.92 Å². The van der Waals surface area contributed by atoms with Gasteiger partial charge in [-0.15, -0.1) is 36.6 Å². The minimum absolute atomic E-state index is 0. The third-order valence-electron chi connectivity index (χ3n) is 2.78. The maximum Gasteiger partial charge on any atom is 0.323 e. The zero-order chi connectivity index (χ0) is 14.7. The summed E-state index contributed by atoms with van der Waals surface area (Å²) in [4.78, 5) is 16.9. The van der Waals surface area contributed by atoms with Crippen molar-refractivity contribution in [3.8, 4) is 0 Å². The molecule has 1 atom stereocenters. The molecule has 22 heavy (non-hydrogen) atoms. The highest BCUT2D eigenvalue weighted by molar-refractivity contribution is 9.10. The Morgan fingerprint density at radius 3 is 2.73 bits per heavy atom. The number of thioether (sulfide) groups is 1. The van der Waals surface area contributed by atoms with Crippen LogP contribution in [0.3, 0.4) is 0 Å². The number of nitrogens with two attached hydrogens (primary N) is 1. The van der Waals surface area contributed by atoms with Gasteiger partial charge in [0.15, 0.2) is 0 Å². The second kappa shape index (κ2) is 9.57. The van der Waals surface area contributed by atoms with Gasteiger partial charge in [0, 0.05) is 26.2 Å². The van der Waals surface area contributed by atoms with Crippen LogP contribution in [0.4, 0.5) is 0 Å². The van der Waals surface area contributed by atoms with Gasteiger partial charge in [0.05, 0.1) is 12.6 Å². The van der Waals surface area contributed by atoms with Crippen molar-refractivity contribution in [2.24, 2.45) is 5.73 Å². The second-order valence-corrected chi connectivity index (χ2v) is 6.34. The normalized spacial score (nSPS) is 11.3. The van der Waals surface area contributed by atoms with Crippen LogP contribution in [0.25, 0.3) is 10.9 Å². The molecule has 0 fully saturated rings. The molecule has 122 valence electrons. The number of fused-ring (bicyclic) bond motifs is 1. The number of hydrogen-bond acceptors (Lipinski definition) is 5. The van der Waals surface area contributed by atoms with E-state index in [1.54, 1.807) is 0 Å². The van der Waals surface area contributed by atoms with Gasteiger partial charge in [-0.3, -0.25) is 9.78 Å². The molecule has 0 saturated heterocycles. The van der Waals surface area contributed by atoms with Gasteiger partial charge in [-0.2, -0.15) is 0 Å². The van der Waals surface area contributed by atoms with Gasteiger partial charge < -0.3 is 10.5 Å². The molecule has 0 bridgehead atoms. The lowest BCUT2D eigenvalue weighted by Crippen LogP contribution is -2.33. The monoisotopic (exact) mass is 426 g/mol. The highest BCUT2D eigenvalue weighted by Gasteiger charge is 2.15. The number of hydrogen-bond donors (Lipinski definition) is 1. The second-order valence-electron chi connectivity index (χ2n) is 4.36. The molecule has 0 amide bonds. The topological polar surface area (TPSA) is 65.2 Å². The summed E-state index contributed by atoms with van der Waals surface area (Å²) >= 11 is 5.00. The van der Waals surface area contributed by atoms with Crippen molar-refractivity contribution >= 4 is 69.4 Å². The predicted octanol–water partition coefficient (Wildman–Crippen LogP) is 3.74. The highest BCUT2D eigenvalue weighted by atomic mass is 79.9. The van der Waals surface area contributed by atoms with Gasteiger partial charge in [-0.05, 0) is 31.2 Å². The van der Waals surface area contributed by atoms with Crippen LogP contribution in [0.15, 0.2) is 33.6 Å². The molecule has 0 aliphatic carbocycles. The van der Waals surface area contributed by atoms with Crippen molar-refractivity contribution in [3.05, 3.63) is 34.4 Å². The molecule has 2 aromatic rings. The van der Waals surface area contributed by atoms with Crippen LogP contribution in [0.2, 0.25) is 0 Å². The summed E-state index contributed by atoms with van der Waals surface area (Å²) in [7, 11) is 1.34. The molecule has 0 aliphatic rings. The van der Waals surface area contributed by atoms with Crippen LogP contribution in [-0.4, -0.2) is 29.9 Å². The molecule has 2 rings (SSSR count). The van der Waals surface area contributed by atoms with E-state index in [2.05, 4.69) is 25.7 Å². The summed E-state index contributed by atoms with van der Waals surface area (Å²) in [6, 6.07) is 7.33. The van der Waals surface area contributed by atoms with Crippen LogP contribution in [0.5, 0.6) is 0 Å². The standard InChI is InChI=1S/C14H15BrN2O2S.2ClH/c1-8-5-13(20-7-11(16)14(18)19-2)10-6-9(15)3-4-12(10)17-8;;/h3-6,11H,7,16H2,1-2H3;2*1H. The number of halogens is 3. The lowest BCUT2D eigenvalue weighted by molar-refractivity contribution is -0.141. The number of aryl methyl sites for hydroxylation is 1. The summed E-state index contributed by atoms with van der Waals surface area (Å²) < 4.78 is 5.63. The molecule has 1 aromatic heterocycles. The van der Waals surface area contributed by atoms with E-state index in [1.165, 1.54) is 18.9 Å². The van der Waals surface area contributed by atoms with Gasteiger partial charge in [-0.1, -0.05) is 15.9 Å². The molecular weight excluding hydrogens is 411 g/mol. The average molecular weight is 428 g/mol. The summed E-state index contributed by atoms with van der Waals surface area (Å²) in [5.41, 5.74) is 7.64. The number of rotatable bonds is 4. The molecule has 0 saturated carbocycles. The number of benzene rings is 1. The predicted molar refractivity (Wildman–Crippen MR) is 99.4 cm³/mol. The Balaban J connectivity index is 0.00000220. The smallest absolute Gasteiger partial charge is 0.323 e. The first-order valence-corrected chi connectivity index (χ1v) is 7.82. The summed E-state index contributed by atoms with van der Waals surface area (Å²) in [5.74, 6) is 0.0753. The Hall–Kier alpha value is -0.530. The highest BCUT2D eigenvalue weighted by Crippen LogP contribution is 2.30. The van der Waals surface area contributed by atoms with Crippen molar-refractivity contribution < 1.29 is 9.53 Å². The summed E-state index contributed by atoms with van der Waals surface area (Å²) in [5, 5.41) is 1.05. The van der Waals surface area contributed by atoms with Crippen LogP contribution in [0.1, 0.15) is 5.69 Å². The lowest BCUT2D eigenvalue weighted by atomic mass is 10.2. The first-order chi connectivity index (χ1) is 9.51. The third kappa shape index (κ3) is 5.28. The van der Waals surface area contributed by atoms with E-state index in [9.17, 15) is 4.79 Å². The van der Waals surface area contributed by atoms with E-state index < -0.39 is 12.0 Å². The zero-order valence-corrected chi connectivity index (χ0v) is 16.1. The maximum atomic E-state index is 11.3. The number of nitrogens with zero attached hydrogens (tertiary/aromatic N) is 1. The minimum Gasteiger partial charge on any atom is -0.468 e. The third-order valence-corrected chi connectivity index (χ3v) is 4.45. The molecule has 2 N–H and O–H groups in total. The molecule has 1 aromatic carbocycles. The van der Waals surface area contributed by atoms with Crippen molar-refractivity contribution in [1.29, 1.82) is 0 Å². The Labute approximate surface area is 154 Å². The number of esters is 1. The molecule has 1 unspecified atom stereocenters. The molecule has 1 heterocycles. The first kappa shape index (κ1) is 21.5. The van der Waals surface area contributed by atoms with Gasteiger partial charge in [0.2, 0.25) is 0 Å². The van der Waals surface area contributed by atoms with Crippen molar-refractivity contribution in [2.75, 3.05) is 12.9 Å². The average Bonchev–Trinajstić information content (AvgIpc) is 2.44. The Bertz CT molecular complexity index is 658. The fraction of sp³-hybridized carbons (Fsp3) is 0.286. The van der Waals surface area contributed by atoms with E-state index in [-0.39, 0.29) is 24.8 Å². The summed E-state index contributed by atoms with van der Waals surface area (Å²) in [6.07, 6.45) is 0. The fourth-order valence-corrected chi connectivity index (χ4v) is 3.24. The van der Waals surface area contributed by atoms with Crippen LogP contribution >= 0.6 is 52.5 Å². The number of aromatic nitrogens is 1. The largest absolute Gasteiger partial charge is 0.468 e. The molecular formula is C14H17BrCl2N2O2S. The van der Waals surface area contributed by atoms with Crippen LogP contribution < -0.4 is 5.73 Å². The van der Waals surface area contributed by atoms with E-state index in [0.29, 0.717) is 5.75 Å². The van der Waals surface area contributed by atoms with Gasteiger partial charge in [0.25, 0.3) is 0 Å². The fourth-order valence-electron chi connectivity index (χ4n) is 1.81. The Morgan fingerprint density at radius 1 is 1.41 bits per heavy atom. The molecule has 4 nitrogen and oxygen atoms in total. The zero-order valence-electron chi connectivity index (χ0n) is 12.0. The van der Waals surface area contributed by atoms with Gasteiger partial charge >= 0.3 is 5.97 Å². The number of pyridine rings is 1. The summed E-state index contributed by atoms with van der Waals surface area (Å²) in [6.45, 7) is 1.95. The van der Waals surface area contributed by atoms with Crippen molar-refractivity contribution in [3.63, 3.8) is 0 Å². The van der Waals surface area contributed by atoms with E-state index >= 15 is 0 Å².